The highest BCUT2D eigenvalue weighted by molar-refractivity contribution is 7.78. The maximum absolute atomic E-state index is 14.4. The summed E-state index contributed by atoms with van der Waals surface area (Å²) in [5.74, 6) is 3.01. The minimum atomic E-state index is -0.931. The van der Waals surface area contributed by atoms with Crippen LogP contribution in [0.25, 0.3) is 11.4 Å². The summed E-state index contributed by atoms with van der Waals surface area (Å²) in [7, 11) is 0. The molecule has 3 rings (SSSR count). The lowest BCUT2D eigenvalue weighted by atomic mass is 10.1. The van der Waals surface area contributed by atoms with E-state index in [1.165, 1.54) is 12.1 Å². The van der Waals surface area contributed by atoms with Crippen LogP contribution in [0.4, 0.5) is 18.9 Å². The molecule has 0 N–H and O–H groups in total. The molecule has 1 heterocycles. The van der Waals surface area contributed by atoms with Gasteiger partial charge in [0.1, 0.15) is 11.5 Å². The van der Waals surface area contributed by atoms with Crippen molar-refractivity contribution in [2.75, 3.05) is 0 Å². The SMILES string of the molecule is C=CCc1cnc(-c2ccc(C#Cc3cc(F)c(N=C=S)c(F)c3)c(F)c2)nc1. The standard InChI is InChI=1S/C22H12F3N3S/c1-2-3-15-11-26-22(27-12-15)17-7-6-16(18(23)10-17)5-4-14-8-19(24)21(28-13-29)20(25)9-14/h2,6-12H,1,3H2. The molecule has 0 radical (unpaired) electrons. The molecular formula is C22H12F3N3S. The van der Waals surface area contributed by atoms with Crippen LogP contribution in [-0.2, 0) is 6.42 Å². The van der Waals surface area contributed by atoms with Crippen LogP contribution in [0.2, 0.25) is 0 Å². The number of hydrogen-bond acceptors (Lipinski definition) is 4. The second-order valence-electron chi connectivity index (χ2n) is 5.84. The summed E-state index contributed by atoms with van der Waals surface area (Å²) >= 11 is 4.35. The van der Waals surface area contributed by atoms with Gasteiger partial charge >= 0.3 is 0 Å². The van der Waals surface area contributed by atoms with Crippen LogP contribution >= 0.6 is 12.2 Å². The first-order valence-corrected chi connectivity index (χ1v) is 8.73. The first-order chi connectivity index (χ1) is 14.0. The lowest BCUT2D eigenvalue weighted by molar-refractivity contribution is 0.587. The molecule has 0 aliphatic heterocycles. The Balaban J connectivity index is 1.87. The molecule has 0 saturated carbocycles. The quantitative estimate of drug-likeness (QED) is 0.251. The van der Waals surface area contributed by atoms with E-state index in [1.54, 1.807) is 24.5 Å². The Bertz CT molecular complexity index is 1170. The number of aliphatic imine (C=N–C) groups is 1. The molecule has 0 unspecified atom stereocenters. The fourth-order valence-electron chi connectivity index (χ4n) is 2.46. The minimum absolute atomic E-state index is 0.0351. The van der Waals surface area contributed by atoms with Crippen LogP contribution in [0.5, 0.6) is 0 Å². The number of nitrogens with zero attached hydrogens (tertiary/aromatic N) is 3. The Kier molecular flexibility index (Phi) is 6.30. The van der Waals surface area contributed by atoms with Crippen molar-refractivity contribution in [2.45, 2.75) is 6.42 Å². The summed E-state index contributed by atoms with van der Waals surface area (Å²) in [5, 5.41) is 1.91. The van der Waals surface area contributed by atoms with Gasteiger partial charge in [0, 0.05) is 23.5 Å². The van der Waals surface area contributed by atoms with Crippen molar-refractivity contribution >= 4 is 23.1 Å². The van der Waals surface area contributed by atoms with Crippen molar-refractivity contribution in [3.63, 3.8) is 0 Å². The third kappa shape index (κ3) is 4.82. The second kappa shape index (κ2) is 9.07. The van der Waals surface area contributed by atoms with Gasteiger partial charge in [0.05, 0.1) is 10.7 Å². The average molecular weight is 407 g/mol. The van der Waals surface area contributed by atoms with E-state index >= 15 is 0 Å². The zero-order chi connectivity index (χ0) is 20.8. The van der Waals surface area contributed by atoms with Crippen LogP contribution in [0, 0.1) is 29.3 Å². The normalized spacial score (nSPS) is 9.90. The topological polar surface area (TPSA) is 38.1 Å². The van der Waals surface area contributed by atoms with E-state index in [2.05, 4.69) is 45.6 Å². The van der Waals surface area contributed by atoms with Gasteiger partial charge in [-0.1, -0.05) is 17.9 Å². The minimum Gasteiger partial charge on any atom is -0.236 e. The van der Waals surface area contributed by atoms with E-state index in [0.717, 1.165) is 17.7 Å². The van der Waals surface area contributed by atoms with Gasteiger partial charge in [-0.05, 0) is 54.5 Å². The maximum atomic E-state index is 14.4. The predicted octanol–water partition coefficient (Wildman–Crippen LogP) is 5.42. The Morgan fingerprint density at radius 2 is 1.69 bits per heavy atom. The van der Waals surface area contributed by atoms with Crippen molar-refractivity contribution in [3.8, 4) is 23.2 Å². The molecule has 1 aromatic heterocycles. The van der Waals surface area contributed by atoms with Gasteiger partial charge in [0.15, 0.2) is 17.5 Å². The van der Waals surface area contributed by atoms with E-state index in [-0.39, 0.29) is 11.1 Å². The monoisotopic (exact) mass is 407 g/mol. The number of isothiocyanates is 1. The number of thiocarbonyl (C=S) groups is 1. The van der Waals surface area contributed by atoms with E-state index in [9.17, 15) is 13.2 Å². The molecule has 29 heavy (non-hydrogen) atoms. The Morgan fingerprint density at radius 1 is 1.00 bits per heavy atom. The van der Waals surface area contributed by atoms with Crippen LogP contribution in [0.1, 0.15) is 16.7 Å². The smallest absolute Gasteiger partial charge is 0.159 e. The lowest BCUT2D eigenvalue weighted by Gasteiger charge is -2.03. The summed E-state index contributed by atoms with van der Waals surface area (Å²) < 4.78 is 42.1. The maximum Gasteiger partial charge on any atom is 0.159 e. The molecule has 0 spiro atoms. The number of hydrogen-bond donors (Lipinski definition) is 0. The van der Waals surface area contributed by atoms with Gasteiger partial charge in [-0.3, -0.25) is 0 Å². The van der Waals surface area contributed by atoms with Gasteiger partial charge in [0.2, 0.25) is 0 Å². The van der Waals surface area contributed by atoms with Crippen LogP contribution in [-0.4, -0.2) is 15.1 Å². The highest BCUT2D eigenvalue weighted by atomic mass is 32.1. The number of aromatic nitrogens is 2. The van der Waals surface area contributed by atoms with Crippen LogP contribution < -0.4 is 0 Å². The van der Waals surface area contributed by atoms with Gasteiger partial charge < -0.3 is 0 Å². The fourth-order valence-corrected chi connectivity index (χ4v) is 2.55. The van der Waals surface area contributed by atoms with Gasteiger partial charge in [0.25, 0.3) is 0 Å². The summed E-state index contributed by atoms with van der Waals surface area (Å²) in [5.41, 5.74) is 0.943. The van der Waals surface area contributed by atoms with E-state index < -0.39 is 23.1 Å². The Hall–Kier alpha value is -3.59. The zero-order valence-corrected chi connectivity index (χ0v) is 15.7. The van der Waals surface area contributed by atoms with Crippen molar-refractivity contribution in [1.82, 2.24) is 9.97 Å². The van der Waals surface area contributed by atoms with Gasteiger partial charge in [-0.25, -0.2) is 23.1 Å². The molecule has 0 amide bonds. The Morgan fingerprint density at radius 3 is 2.28 bits per heavy atom. The second-order valence-corrected chi connectivity index (χ2v) is 6.03. The molecule has 0 aliphatic carbocycles. The molecule has 142 valence electrons. The molecule has 0 bridgehead atoms. The molecule has 0 aliphatic rings. The predicted molar refractivity (Wildman–Crippen MR) is 108 cm³/mol. The van der Waals surface area contributed by atoms with Crippen LogP contribution in [0.15, 0.2) is 60.4 Å². The number of benzene rings is 2. The molecule has 7 heteroatoms. The molecule has 0 saturated heterocycles. The summed E-state index contributed by atoms with van der Waals surface area (Å²) in [6.07, 6.45) is 5.68. The van der Waals surface area contributed by atoms with Crippen molar-refractivity contribution < 1.29 is 13.2 Å². The number of halogens is 3. The summed E-state index contributed by atoms with van der Waals surface area (Å²) in [6, 6.07) is 6.31. The fraction of sp³-hybridized carbons (Fsp3) is 0.0455. The summed E-state index contributed by atoms with van der Waals surface area (Å²) in [6.45, 7) is 3.65. The van der Waals surface area contributed by atoms with E-state index in [0.29, 0.717) is 17.8 Å². The van der Waals surface area contributed by atoms with Gasteiger partial charge in [-0.2, -0.15) is 4.99 Å². The van der Waals surface area contributed by atoms with Gasteiger partial charge in [-0.15, -0.1) is 6.58 Å². The molecular weight excluding hydrogens is 395 g/mol. The van der Waals surface area contributed by atoms with Crippen molar-refractivity contribution in [2.24, 2.45) is 4.99 Å². The number of rotatable bonds is 4. The first kappa shape index (κ1) is 20.2. The Labute approximate surface area is 170 Å². The molecule has 0 fully saturated rings. The lowest BCUT2D eigenvalue weighted by Crippen LogP contribution is -1.93. The number of allylic oxidation sites excluding steroid dienone is 1. The van der Waals surface area contributed by atoms with E-state index in [4.69, 9.17) is 0 Å². The highest BCUT2D eigenvalue weighted by Crippen LogP contribution is 2.23. The van der Waals surface area contributed by atoms with Crippen molar-refractivity contribution in [3.05, 3.63) is 89.5 Å². The first-order valence-electron chi connectivity index (χ1n) is 8.32. The summed E-state index contributed by atoms with van der Waals surface area (Å²) in [4.78, 5) is 11.7. The third-order valence-corrected chi connectivity index (χ3v) is 3.92. The molecule has 3 nitrogen and oxygen atoms in total. The highest BCUT2D eigenvalue weighted by Gasteiger charge is 2.10. The third-order valence-electron chi connectivity index (χ3n) is 3.83. The molecule has 0 atom stereocenters. The molecule has 3 aromatic rings. The van der Waals surface area contributed by atoms with E-state index in [1.807, 2.05) is 5.16 Å². The largest absolute Gasteiger partial charge is 0.236 e. The zero-order valence-electron chi connectivity index (χ0n) is 14.9. The average Bonchev–Trinajstić information content (AvgIpc) is 2.70. The van der Waals surface area contributed by atoms with Crippen molar-refractivity contribution in [1.29, 1.82) is 0 Å². The van der Waals surface area contributed by atoms with Crippen LogP contribution in [0.3, 0.4) is 0 Å². The molecule has 2 aromatic carbocycles.